The van der Waals surface area contributed by atoms with Crippen LogP contribution in [0.4, 0.5) is 0 Å². The van der Waals surface area contributed by atoms with Gasteiger partial charge < -0.3 is 10.1 Å². The molecule has 1 unspecified atom stereocenters. The topological polar surface area (TPSA) is 38.3 Å². The molecule has 2 aromatic rings. The normalized spacial score (nSPS) is 11.9. The molecule has 2 aromatic carbocycles. The second-order valence-electron chi connectivity index (χ2n) is 6.51. The van der Waals surface area contributed by atoms with E-state index in [1.807, 2.05) is 45.0 Å². The molecule has 1 N–H and O–H groups in total. The van der Waals surface area contributed by atoms with Gasteiger partial charge in [-0.25, -0.2) is 0 Å². The molecular formula is C21H25Cl2NO2S. The first-order valence-electron chi connectivity index (χ1n) is 8.82. The molecule has 0 heterocycles. The van der Waals surface area contributed by atoms with Crippen molar-refractivity contribution in [3.8, 4) is 5.75 Å². The summed E-state index contributed by atoms with van der Waals surface area (Å²) in [5.74, 6) is 2.12. The van der Waals surface area contributed by atoms with Gasteiger partial charge in [-0.15, -0.1) is 0 Å². The van der Waals surface area contributed by atoms with Gasteiger partial charge in [-0.3, -0.25) is 4.79 Å². The van der Waals surface area contributed by atoms with Crippen molar-refractivity contribution >= 4 is 40.9 Å². The minimum atomic E-state index is -0.548. The van der Waals surface area contributed by atoms with Crippen LogP contribution >= 0.6 is 35.0 Å². The summed E-state index contributed by atoms with van der Waals surface area (Å²) in [5.41, 5.74) is 4.27. The summed E-state index contributed by atoms with van der Waals surface area (Å²) in [6.45, 7) is 8.40. The van der Waals surface area contributed by atoms with Crippen LogP contribution in [-0.2, 0) is 10.5 Å². The first-order chi connectivity index (χ1) is 12.8. The van der Waals surface area contributed by atoms with E-state index in [2.05, 4.69) is 11.4 Å². The minimum Gasteiger partial charge on any atom is -0.481 e. The van der Waals surface area contributed by atoms with Crippen molar-refractivity contribution in [3.05, 3.63) is 62.6 Å². The molecule has 0 aromatic heterocycles. The third kappa shape index (κ3) is 6.34. The van der Waals surface area contributed by atoms with Crippen LogP contribution in [0.15, 0.2) is 30.3 Å². The second kappa shape index (κ2) is 10.3. The standard InChI is InChI=1S/C21H25Cl2NO2S/c1-13-10-14(2)15(3)20(11-13)26-16(4)21(25)24-8-9-27-12-17-18(22)6-5-7-19(17)23/h5-7,10-11,16H,8-9,12H2,1-4H3,(H,24,25). The number of rotatable bonds is 8. The fourth-order valence-electron chi connectivity index (χ4n) is 2.60. The van der Waals surface area contributed by atoms with Crippen LogP contribution in [0, 0.1) is 20.8 Å². The fourth-order valence-corrected chi connectivity index (χ4v) is 4.20. The van der Waals surface area contributed by atoms with Gasteiger partial charge in [0.1, 0.15) is 5.75 Å². The third-order valence-electron chi connectivity index (χ3n) is 4.29. The van der Waals surface area contributed by atoms with E-state index in [4.69, 9.17) is 27.9 Å². The molecule has 0 aliphatic heterocycles. The van der Waals surface area contributed by atoms with Gasteiger partial charge in [0, 0.05) is 28.1 Å². The minimum absolute atomic E-state index is 0.120. The summed E-state index contributed by atoms with van der Waals surface area (Å²) in [5, 5.41) is 4.26. The maximum absolute atomic E-state index is 12.3. The van der Waals surface area contributed by atoms with E-state index in [-0.39, 0.29) is 5.91 Å². The Hall–Kier alpha value is -1.36. The summed E-state index contributed by atoms with van der Waals surface area (Å²) < 4.78 is 5.87. The van der Waals surface area contributed by atoms with Crippen LogP contribution in [0.2, 0.25) is 10.0 Å². The number of amides is 1. The van der Waals surface area contributed by atoms with E-state index in [9.17, 15) is 4.79 Å². The predicted octanol–water partition coefficient (Wildman–Crippen LogP) is 5.74. The molecule has 1 amide bonds. The first kappa shape index (κ1) is 21.9. The second-order valence-corrected chi connectivity index (χ2v) is 8.43. The highest BCUT2D eigenvalue weighted by Crippen LogP contribution is 2.28. The summed E-state index contributed by atoms with van der Waals surface area (Å²) >= 11 is 14.0. The molecule has 3 nitrogen and oxygen atoms in total. The molecule has 0 saturated carbocycles. The Kier molecular flexibility index (Phi) is 8.33. The van der Waals surface area contributed by atoms with Crippen molar-refractivity contribution < 1.29 is 9.53 Å². The summed E-state index contributed by atoms with van der Waals surface area (Å²) in [7, 11) is 0. The largest absolute Gasteiger partial charge is 0.481 e. The van der Waals surface area contributed by atoms with Crippen molar-refractivity contribution in [2.24, 2.45) is 0 Å². The molecular weight excluding hydrogens is 401 g/mol. The lowest BCUT2D eigenvalue weighted by Crippen LogP contribution is -2.37. The van der Waals surface area contributed by atoms with Gasteiger partial charge >= 0.3 is 0 Å². The number of ether oxygens (including phenoxy) is 1. The zero-order valence-corrected chi connectivity index (χ0v) is 18.4. The summed E-state index contributed by atoms with van der Waals surface area (Å²) in [6, 6.07) is 9.57. The molecule has 0 saturated heterocycles. The Morgan fingerprint density at radius 3 is 2.52 bits per heavy atom. The SMILES string of the molecule is Cc1cc(C)c(C)c(OC(C)C(=O)NCCSCc2c(Cl)cccc2Cl)c1. The highest BCUT2D eigenvalue weighted by Gasteiger charge is 2.16. The average molecular weight is 426 g/mol. The van der Waals surface area contributed by atoms with Crippen molar-refractivity contribution in [3.63, 3.8) is 0 Å². The quantitative estimate of drug-likeness (QED) is 0.548. The number of halogens is 2. The van der Waals surface area contributed by atoms with Crippen molar-refractivity contribution in [1.82, 2.24) is 5.32 Å². The lowest BCUT2D eigenvalue weighted by Gasteiger charge is -2.18. The summed E-state index contributed by atoms with van der Waals surface area (Å²) in [4.78, 5) is 12.3. The average Bonchev–Trinajstić information content (AvgIpc) is 2.60. The predicted molar refractivity (Wildman–Crippen MR) is 116 cm³/mol. The molecule has 1 atom stereocenters. The Labute approximate surface area is 175 Å². The van der Waals surface area contributed by atoms with Crippen LogP contribution in [-0.4, -0.2) is 24.3 Å². The molecule has 2 rings (SSSR count). The van der Waals surface area contributed by atoms with Gasteiger partial charge in [-0.1, -0.05) is 35.3 Å². The van der Waals surface area contributed by atoms with E-state index in [1.165, 1.54) is 0 Å². The number of hydrogen-bond donors (Lipinski definition) is 1. The molecule has 27 heavy (non-hydrogen) atoms. The van der Waals surface area contributed by atoms with Gasteiger partial charge in [0.2, 0.25) is 0 Å². The molecule has 0 aliphatic carbocycles. The highest BCUT2D eigenvalue weighted by molar-refractivity contribution is 7.98. The lowest BCUT2D eigenvalue weighted by atomic mass is 10.1. The van der Waals surface area contributed by atoms with E-state index in [0.717, 1.165) is 33.8 Å². The highest BCUT2D eigenvalue weighted by atomic mass is 35.5. The van der Waals surface area contributed by atoms with Crippen LogP contribution in [0.5, 0.6) is 5.75 Å². The molecule has 0 aliphatic rings. The van der Waals surface area contributed by atoms with Gasteiger partial charge in [-0.2, -0.15) is 11.8 Å². The van der Waals surface area contributed by atoms with Gasteiger partial charge in [0.25, 0.3) is 5.91 Å². The first-order valence-corrected chi connectivity index (χ1v) is 10.7. The molecule has 0 radical (unpaired) electrons. The molecule has 0 bridgehead atoms. The van der Waals surface area contributed by atoms with Crippen LogP contribution in [0.3, 0.4) is 0 Å². The van der Waals surface area contributed by atoms with Crippen LogP contribution in [0.25, 0.3) is 0 Å². The van der Waals surface area contributed by atoms with Gasteiger partial charge in [0.15, 0.2) is 6.10 Å². The summed E-state index contributed by atoms with van der Waals surface area (Å²) in [6.07, 6.45) is -0.548. The fraction of sp³-hybridized carbons (Fsp3) is 0.381. The van der Waals surface area contributed by atoms with Crippen molar-refractivity contribution in [1.29, 1.82) is 0 Å². The molecule has 0 fully saturated rings. The van der Waals surface area contributed by atoms with E-state index in [0.29, 0.717) is 22.3 Å². The zero-order chi connectivity index (χ0) is 20.0. The maximum Gasteiger partial charge on any atom is 0.260 e. The lowest BCUT2D eigenvalue weighted by molar-refractivity contribution is -0.127. The number of aryl methyl sites for hydroxylation is 2. The number of carbonyl (C=O) groups is 1. The third-order valence-corrected chi connectivity index (χ3v) is 5.98. The van der Waals surface area contributed by atoms with E-state index in [1.54, 1.807) is 18.7 Å². The Morgan fingerprint density at radius 2 is 1.85 bits per heavy atom. The monoisotopic (exact) mass is 425 g/mol. The molecule has 0 spiro atoms. The number of carbonyl (C=O) groups excluding carboxylic acids is 1. The van der Waals surface area contributed by atoms with Crippen LogP contribution in [0.1, 0.15) is 29.2 Å². The van der Waals surface area contributed by atoms with Gasteiger partial charge in [0.05, 0.1) is 0 Å². The van der Waals surface area contributed by atoms with E-state index < -0.39 is 6.10 Å². The van der Waals surface area contributed by atoms with Crippen molar-refractivity contribution in [2.45, 2.75) is 39.6 Å². The maximum atomic E-state index is 12.3. The molecule has 146 valence electrons. The number of nitrogens with one attached hydrogen (secondary N) is 1. The van der Waals surface area contributed by atoms with Crippen LogP contribution < -0.4 is 10.1 Å². The zero-order valence-electron chi connectivity index (χ0n) is 16.1. The Morgan fingerprint density at radius 1 is 1.19 bits per heavy atom. The van der Waals surface area contributed by atoms with E-state index >= 15 is 0 Å². The Balaban J connectivity index is 1.77. The van der Waals surface area contributed by atoms with Crippen molar-refractivity contribution in [2.75, 3.05) is 12.3 Å². The Bertz CT molecular complexity index is 791. The molecule has 6 heteroatoms. The number of thioether (sulfide) groups is 1. The smallest absolute Gasteiger partial charge is 0.260 e. The van der Waals surface area contributed by atoms with Gasteiger partial charge in [-0.05, 0) is 68.1 Å². The number of benzene rings is 2. The number of hydrogen-bond acceptors (Lipinski definition) is 3.